The van der Waals surface area contributed by atoms with Gasteiger partial charge in [0, 0.05) is 12.0 Å². The fourth-order valence-electron chi connectivity index (χ4n) is 2.37. The Morgan fingerprint density at radius 1 is 1.30 bits per heavy atom. The van der Waals surface area contributed by atoms with Crippen molar-refractivity contribution in [1.82, 2.24) is 0 Å². The molecule has 1 fully saturated rings. The number of carbonyl (C=O) groups excluding carboxylic acids is 1. The lowest BCUT2D eigenvalue weighted by Crippen LogP contribution is -2.40. The molecule has 0 amide bonds. The number of hydrogen-bond acceptors (Lipinski definition) is 3. The van der Waals surface area contributed by atoms with E-state index in [1.54, 1.807) is 0 Å². The number of carboxylic acids is 1. The molecule has 0 heterocycles. The molecule has 0 bridgehead atoms. The highest BCUT2D eigenvalue weighted by molar-refractivity contribution is 5.87. The van der Waals surface area contributed by atoms with Crippen LogP contribution in [0.2, 0.25) is 0 Å². The van der Waals surface area contributed by atoms with Gasteiger partial charge < -0.3 is 9.84 Å². The second-order valence-corrected chi connectivity index (χ2v) is 5.42. The average molecular weight is 290 g/mol. The summed E-state index contributed by atoms with van der Waals surface area (Å²) in [5.74, 6) is -6.54. The van der Waals surface area contributed by atoms with E-state index >= 15 is 0 Å². The van der Waals surface area contributed by atoms with Crippen molar-refractivity contribution in [3.05, 3.63) is 12.2 Å². The van der Waals surface area contributed by atoms with Gasteiger partial charge in [-0.1, -0.05) is 13.0 Å². The summed E-state index contributed by atoms with van der Waals surface area (Å²) in [7, 11) is 0. The van der Waals surface area contributed by atoms with Crippen molar-refractivity contribution >= 4 is 11.9 Å². The minimum absolute atomic E-state index is 0.147. The summed E-state index contributed by atoms with van der Waals surface area (Å²) >= 11 is 0. The minimum atomic E-state index is -3.79. The van der Waals surface area contributed by atoms with Gasteiger partial charge in [-0.15, -0.1) is 0 Å². The molecule has 114 valence electrons. The number of esters is 1. The van der Waals surface area contributed by atoms with Crippen LogP contribution in [0.5, 0.6) is 0 Å². The monoisotopic (exact) mass is 290 g/mol. The van der Waals surface area contributed by atoms with Crippen molar-refractivity contribution in [2.75, 3.05) is 0 Å². The smallest absolute Gasteiger partial charge is 0.374 e. The van der Waals surface area contributed by atoms with Crippen LogP contribution >= 0.6 is 0 Å². The van der Waals surface area contributed by atoms with E-state index in [1.165, 1.54) is 6.92 Å². The predicted molar refractivity (Wildman–Crippen MR) is 68.5 cm³/mol. The van der Waals surface area contributed by atoms with Crippen LogP contribution in [0.25, 0.3) is 0 Å². The van der Waals surface area contributed by atoms with Crippen LogP contribution in [0.15, 0.2) is 12.2 Å². The van der Waals surface area contributed by atoms with Crippen LogP contribution in [0.4, 0.5) is 8.78 Å². The zero-order valence-electron chi connectivity index (χ0n) is 11.6. The molecule has 0 aromatic carbocycles. The summed E-state index contributed by atoms with van der Waals surface area (Å²) in [5.41, 5.74) is -0.771. The van der Waals surface area contributed by atoms with Gasteiger partial charge in [0.25, 0.3) is 0 Å². The summed E-state index contributed by atoms with van der Waals surface area (Å²) in [6.45, 7) is 4.96. The third-order valence-electron chi connectivity index (χ3n) is 3.63. The van der Waals surface area contributed by atoms with E-state index in [4.69, 9.17) is 9.84 Å². The van der Waals surface area contributed by atoms with Crippen molar-refractivity contribution in [2.45, 2.75) is 63.4 Å². The molecule has 0 saturated heterocycles. The van der Waals surface area contributed by atoms with E-state index in [0.717, 1.165) is 19.3 Å². The predicted octanol–water partition coefficient (Wildman–Crippen LogP) is 3.31. The first-order chi connectivity index (χ1) is 9.18. The molecule has 1 aliphatic rings. The summed E-state index contributed by atoms with van der Waals surface area (Å²) in [6, 6.07) is 0. The average Bonchev–Trinajstić information content (AvgIpc) is 2.37. The fraction of sp³-hybridized carbons (Fsp3) is 0.714. The van der Waals surface area contributed by atoms with Gasteiger partial charge >= 0.3 is 17.9 Å². The number of alkyl halides is 2. The second kappa shape index (κ2) is 6.33. The Hall–Kier alpha value is -1.46. The maximum Gasteiger partial charge on any atom is 0.374 e. The molecule has 6 heteroatoms. The lowest BCUT2D eigenvalue weighted by molar-refractivity contribution is -0.172. The summed E-state index contributed by atoms with van der Waals surface area (Å²) < 4.78 is 31.8. The number of halogens is 2. The lowest BCUT2D eigenvalue weighted by Gasteiger charge is -2.37. The van der Waals surface area contributed by atoms with Crippen molar-refractivity contribution < 1.29 is 28.2 Å². The van der Waals surface area contributed by atoms with E-state index in [1.807, 2.05) is 0 Å². The van der Waals surface area contributed by atoms with Crippen LogP contribution in [0, 0.1) is 0 Å². The van der Waals surface area contributed by atoms with Crippen LogP contribution < -0.4 is 0 Å². The normalized spacial score (nSPS) is 18.4. The van der Waals surface area contributed by atoms with Crippen molar-refractivity contribution in [2.24, 2.45) is 0 Å². The van der Waals surface area contributed by atoms with E-state index in [2.05, 4.69) is 6.58 Å². The van der Waals surface area contributed by atoms with Gasteiger partial charge in [-0.3, -0.25) is 0 Å². The van der Waals surface area contributed by atoms with Gasteiger partial charge in [0.15, 0.2) is 0 Å². The molecule has 1 aliphatic carbocycles. The summed E-state index contributed by atoms with van der Waals surface area (Å²) in [6.07, 6.45) is 2.52. The van der Waals surface area contributed by atoms with E-state index in [-0.39, 0.29) is 12.0 Å². The Morgan fingerprint density at radius 3 is 2.30 bits per heavy atom. The van der Waals surface area contributed by atoms with Crippen molar-refractivity contribution in [3.63, 3.8) is 0 Å². The maximum absolute atomic E-state index is 13.2. The number of ether oxygens (including phenoxy) is 1. The summed E-state index contributed by atoms with van der Waals surface area (Å²) in [5, 5.41) is 8.45. The highest BCUT2D eigenvalue weighted by atomic mass is 19.3. The maximum atomic E-state index is 13.2. The van der Waals surface area contributed by atoms with Crippen molar-refractivity contribution in [1.29, 1.82) is 0 Å². The third-order valence-corrected chi connectivity index (χ3v) is 3.63. The van der Waals surface area contributed by atoms with E-state index < -0.39 is 29.9 Å². The molecule has 1 rings (SSSR count). The lowest BCUT2D eigenvalue weighted by atomic mass is 9.80. The van der Waals surface area contributed by atoms with Gasteiger partial charge in [0.1, 0.15) is 5.60 Å². The summed E-state index contributed by atoms with van der Waals surface area (Å²) in [4.78, 5) is 22.1. The van der Waals surface area contributed by atoms with Gasteiger partial charge in [0.2, 0.25) is 0 Å². The quantitative estimate of drug-likeness (QED) is 0.602. The van der Waals surface area contributed by atoms with Gasteiger partial charge in [-0.2, -0.15) is 8.78 Å². The van der Waals surface area contributed by atoms with Crippen LogP contribution in [-0.4, -0.2) is 28.6 Å². The Balaban J connectivity index is 2.76. The Kier molecular flexibility index (Phi) is 5.25. The number of carbonyl (C=O) groups is 2. The highest BCUT2D eigenvalue weighted by Gasteiger charge is 2.44. The molecule has 20 heavy (non-hydrogen) atoms. The molecular weight excluding hydrogens is 270 g/mol. The first-order valence-corrected chi connectivity index (χ1v) is 6.69. The number of carboxylic acid groups (broad SMARTS) is 1. The molecule has 0 spiro atoms. The molecule has 0 aliphatic heterocycles. The zero-order valence-corrected chi connectivity index (χ0v) is 11.6. The molecule has 1 N–H and O–H groups in total. The largest absolute Gasteiger partial charge is 0.477 e. The Labute approximate surface area is 116 Å². The molecule has 0 aromatic heterocycles. The van der Waals surface area contributed by atoms with Crippen molar-refractivity contribution in [3.8, 4) is 0 Å². The van der Waals surface area contributed by atoms with E-state index in [9.17, 15) is 18.4 Å². The van der Waals surface area contributed by atoms with Gasteiger partial charge in [-0.25, -0.2) is 9.59 Å². The van der Waals surface area contributed by atoms with Gasteiger partial charge in [0.05, 0.1) is 0 Å². The fourth-order valence-corrected chi connectivity index (χ4v) is 2.37. The number of hydrogen-bond donors (Lipinski definition) is 1. The molecule has 0 radical (unpaired) electrons. The SMILES string of the molecule is C=C(C)C(=O)OC1(CCC(F)(F)C(=O)O)CCCCC1. The number of aliphatic carboxylic acids is 1. The molecular formula is C14H20F2O4. The Morgan fingerprint density at radius 2 is 1.85 bits per heavy atom. The zero-order chi connectivity index (χ0) is 15.4. The van der Waals surface area contributed by atoms with Crippen LogP contribution in [-0.2, 0) is 14.3 Å². The highest BCUT2D eigenvalue weighted by Crippen LogP contribution is 2.38. The third kappa shape index (κ3) is 4.28. The Bertz CT molecular complexity index is 398. The van der Waals surface area contributed by atoms with E-state index in [0.29, 0.717) is 12.8 Å². The van der Waals surface area contributed by atoms with Gasteiger partial charge in [-0.05, 0) is 39.0 Å². The molecule has 1 saturated carbocycles. The first kappa shape index (κ1) is 16.6. The first-order valence-electron chi connectivity index (χ1n) is 6.69. The standard InChI is InChI=1S/C14H20F2O4/c1-10(2)11(17)20-13(6-4-3-5-7-13)8-9-14(15,16)12(18)19/h1,3-9H2,2H3,(H,18,19). The minimum Gasteiger partial charge on any atom is -0.477 e. The molecule has 0 aromatic rings. The van der Waals surface area contributed by atoms with Crippen LogP contribution in [0.1, 0.15) is 51.9 Å². The molecule has 0 atom stereocenters. The second-order valence-electron chi connectivity index (χ2n) is 5.42. The molecule has 0 unspecified atom stereocenters. The molecule has 4 nitrogen and oxygen atoms in total. The topological polar surface area (TPSA) is 63.6 Å². The van der Waals surface area contributed by atoms with Crippen LogP contribution in [0.3, 0.4) is 0 Å². The number of rotatable bonds is 6.